The molecule has 7 nitrogen and oxygen atoms in total. The second kappa shape index (κ2) is 12.1. The summed E-state index contributed by atoms with van der Waals surface area (Å²) in [4.78, 5) is 28.1. The van der Waals surface area contributed by atoms with Crippen molar-refractivity contribution in [3.8, 4) is 0 Å². The van der Waals surface area contributed by atoms with Gasteiger partial charge in [0.05, 0.1) is 25.7 Å². The van der Waals surface area contributed by atoms with Crippen LogP contribution in [0.15, 0.2) is 30.3 Å². The molecule has 2 amide bonds. The van der Waals surface area contributed by atoms with Gasteiger partial charge in [-0.2, -0.15) is 0 Å². The maximum atomic E-state index is 13.0. The van der Waals surface area contributed by atoms with E-state index in [4.69, 9.17) is 4.74 Å². The lowest BCUT2D eigenvalue weighted by atomic mass is 9.51. The molecule has 1 aromatic carbocycles. The molecule has 0 spiro atoms. The summed E-state index contributed by atoms with van der Waals surface area (Å²) in [6.45, 7) is 11.2. The first kappa shape index (κ1) is 27.1. The zero-order valence-corrected chi connectivity index (χ0v) is 22.2. The van der Waals surface area contributed by atoms with Crippen LogP contribution in [-0.2, 0) is 20.7 Å². The highest BCUT2D eigenvalue weighted by molar-refractivity contribution is 5.79. The molecule has 36 heavy (non-hydrogen) atoms. The lowest BCUT2D eigenvalue weighted by Crippen LogP contribution is -2.58. The Morgan fingerprint density at radius 3 is 2.58 bits per heavy atom. The molecule has 3 fully saturated rings. The minimum atomic E-state index is -0.549. The number of nitrogens with zero attached hydrogens (tertiary/aromatic N) is 1. The van der Waals surface area contributed by atoms with Crippen molar-refractivity contribution in [2.24, 2.45) is 29.1 Å². The van der Waals surface area contributed by atoms with Gasteiger partial charge in [-0.3, -0.25) is 14.5 Å². The Morgan fingerprint density at radius 2 is 1.86 bits per heavy atom. The summed E-state index contributed by atoms with van der Waals surface area (Å²) in [5.41, 5.74) is 1.05. The molecule has 3 N–H and O–H groups in total. The zero-order chi connectivity index (χ0) is 25.7. The van der Waals surface area contributed by atoms with Crippen molar-refractivity contribution in [2.75, 3.05) is 39.4 Å². The van der Waals surface area contributed by atoms with Gasteiger partial charge in [-0.05, 0) is 54.4 Å². The van der Waals surface area contributed by atoms with Crippen molar-refractivity contribution in [3.63, 3.8) is 0 Å². The number of aliphatic hydroxyl groups excluding tert-OH is 1. The zero-order valence-electron chi connectivity index (χ0n) is 22.2. The highest BCUT2D eigenvalue weighted by Gasteiger charge is 2.53. The molecule has 200 valence electrons. The van der Waals surface area contributed by atoms with Crippen molar-refractivity contribution >= 4 is 11.8 Å². The van der Waals surface area contributed by atoms with Crippen LogP contribution in [0.1, 0.15) is 52.0 Å². The summed E-state index contributed by atoms with van der Waals surface area (Å²) in [6.07, 6.45) is 3.63. The van der Waals surface area contributed by atoms with E-state index in [9.17, 15) is 14.7 Å². The van der Waals surface area contributed by atoms with Gasteiger partial charge >= 0.3 is 0 Å². The van der Waals surface area contributed by atoms with Crippen molar-refractivity contribution < 1.29 is 19.4 Å². The summed E-state index contributed by atoms with van der Waals surface area (Å²) >= 11 is 0. The number of fused-ring (bicyclic) bond motifs is 1. The van der Waals surface area contributed by atoms with Crippen LogP contribution in [0.25, 0.3) is 0 Å². The molecule has 0 unspecified atom stereocenters. The van der Waals surface area contributed by atoms with Crippen molar-refractivity contribution in [2.45, 2.75) is 65.0 Å². The average Bonchev–Trinajstić information content (AvgIpc) is 2.87. The van der Waals surface area contributed by atoms with Gasteiger partial charge in [0, 0.05) is 38.1 Å². The predicted molar refractivity (Wildman–Crippen MR) is 140 cm³/mol. The molecule has 0 aromatic heterocycles. The van der Waals surface area contributed by atoms with Gasteiger partial charge in [0.2, 0.25) is 11.8 Å². The molecule has 7 heteroatoms. The van der Waals surface area contributed by atoms with Gasteiger partial charge < -0.3 is 20.5 Å². The molecule has 7 atom stereocenters. The summed E-state index contributed by atoms with van der Waals surface area (Å²) in [7, 11) is 0. The van der Waals surface area contributed by atoms with E-state index in [2.05, 4.69) is 29.4 Å². The number of amides is 2. The summed E-state index contributed by atoms with van der Waals surface area (Å²) < 4.78 is 5.39. The number of rotatable bonds is 8. The van der Waals surface area contributed by atoms with E-state index >= 15 is 0 Å². The Labute approximate surface area is 216 Å². The molecule has 1 saturated heterocycles. The number of carbonyl (C=O) groups excluding carboxylic acids is 2. The molecular formula is C29H45N3O4. The number of aliphatic hydroxyl groups is 1. The predicted octanol–water partition coefficient (Wildman–Crippen LogP) is 2.62. The minimum absolute atomic E-state index is 0.0343. The standard InChI is InChI=1S/C29H45N3O4/c1-20(28(35)30-13-14-32-15-17-36-18-16-32)23-9-11-29(3)12-10-24(21(2)26(29)27(23)34)31-25(33)19-22-7-5-4-6-8-22/h4-8,20-21,23-24,26-27,34H,9-19H2,1-3H3,(H,30,35)(H,31,33)/t20-,21+,23+,24-,26+,27-,29-/m0/s1. The van der Waals surface area contributed by atoms with Gasteiger partial charge in [-0.15, -0.1) is 0 Å². The lowest BCUT2D eigenvalue weighted by molar-refractivity contribution is -0.143. The lowest BCUT2D eigenvalue weighted by Gasteiger charge is -2.56. The molecular weight excluding hydrogens is 454 g/mol. The number of morpholine rings is 1. The van der Waals surface area contributed by atoms with Crippen LogP contribution in [0.4, 0.5) is 0 Å². The van der Waals surface area contributed by atoms with Gasteiger partial charge in [0.1, 0.15) is 0 Å². The van der Waals surface area contributed by atoms with E-state index < -0.39 is 6.10 Å². The number of ether oxygens (including phenoxy) is 1. The molecule has 4 rings (SSSR count). The van der Waals surface area contributed by atoms with Crippen molar-refractivity contribution in [3.05, 3.63) is 35.9 Å². The fraction of sp³-hybridized carbons (Fsp3) is 0.724. The molecule has 2 saturated carbocycles. The molecule has 2 aliphatic carbocycles. The van der Waals surface area contributed by atoms with Gasteiger partial charge in [0.15, 0.2) is 0 Å². The van der Waals surface area contributed by atoms with Crippen molar-refractivity contribution in [1.82, 2.24) is 15.5 Å². The van der Waals surface area contributed by atoms with Crippen LogP contribution in [0.2, 0.25) is 0 Å². The third kappa shape index (κ3) is 6.29. The molecule has 1 heterocycles. The molecule has 1 aromatic rings. The van der Waals surface area contributed by atoms with E-state index in [0.717, 1.165) is 64.1 Å². The number of hydrogen-bond acceptors (Lipinski definition) is 5. The molecule has 3 aliphatic rings. The van der Waals surface area contributed by atoms with E-state index in [1.807, 2.05) is 37.3 Å². The van der Waals surface area contributed by atoms with Crippen LogP contribution in [-0.4, -0.2) is 73.4 Å². The van der Waals surface area contributed by atoms with E-state index in [1.165, 1.54) is 0 Å². The normalized spacial score (nSPS) is 33.8. The maximum absolute atomic E-state index is 13.0. The topological polar surface area (TPSA) is 90.9 Å². The van der Waals surface area contributed by atoms with Gasteiger partial charge in [-0.1, -0.05) is 51.1 Å². The summed E-state index contributed by atoms with van der Waals surface area (Å²) in [6, 6.07) is 9.86. The molecule has 0 radical (unpaired) electrons. The number of nitrogens with one attached hydrogen (secondary N) is 2. The Hall–Kier alpha value is -1.96. The number of carbonyl (C=O) groups is 2. The maximum Gasteiger partial charge on any atom is 0.224 e. The van der Waals surface area contributed by atoms with Crippen LogP contribution in [0.5, 0.6) is 0 Å². The fourth-order valence-electron chi connectivity index (χ4n) is 7.05. The Kier molecular flexibility index (Phi) is 9.07. The first-order valence-corrected chi connectivity index (χ1v) is 13.9. The highest BCUT2D eigenvalue weighted by Crippen LogP contribution is 2.55. The summed E-state index contributed by atoms with van der Waals surface area (Å²) in [5, 5.41) is 18.0. The number of hydrogen-bond donors (Lipinski definition) is 3. The third-order valence-corrected chi connectivity index (χ3v) is 9.33. The SMILES string of the molecule is C[C@H]1[C@@H]2[C@@H](O)[C@@H]([C@H](C)C(=O)NCCN3CCOCC3)CC[C@@]2(C)CC[C@@H]1NC(=O)Cc1ccccc1. The van der Waals surface area contributed by atoms with E-state index in [-0.39, 0.29) is 46.9 Å². The highest BCUT2D eigenvalue weighted by atomic mass is 16.5. The second-order valence-corrected chi connectivity index (χ2v) is 11.6. The van der Waals surface area contributed by atoms with Crippen LogP contribution in [0.3, 0.4) is 0 Å². The third-order valence-electron chi connectivity index (χ3n) is 9.33. The quantitative estimate of drug-likeness (QED) is 0.512. The smallest absolute Gasteiger partial charge is 0.224 e. The molecule has 1 aliphatic heterocycles. The van der Waals surface area contributed by atoms with E-state index in [0.29, 0.717) is 13.0 Å². The van der Waals surface area contributed by atoms with Crippen LogP contribution in [0, 0.1) is 29.1 Å². The van der Waals surface area contributed by atoms with Crippen molar-refractivity contribution in [1.29, 1.82) is 0 Å². The fourth-order valence-corrected chi connectivity index (χ4v) is 7.05. The first-order valence-electron chi connectivity index (χ1n) is 13.9. The Morgan fingerprint density at radius 1 is 1.17 bits per heavy atom. The first-order chi connectivity index (χ1) is 17.3. The molecule has 0 bridgehead atoms. The van der Waals surface area contributed by atoms with Gasteiger partial charge in [-0.25, -0.2) is 0 Å². The Bertz CT molecular complexity index is 875. The number of benzene rings is 1. The minimum Gasteiger partial charge on any atom is -0.392 e. The largest absolute Gasteiger partial charge is 0.392 e. The monoisotopic (exact) mass is 499 g/mol. The Balaban J connectivity index is 1.33. The van der Waals surface area contributed by atoms with E-state index in [1.54, 1.807) is 0 Å². The van der Waals surface area contributed by atoms with Crippen LogP contribution < -0.4 is 10.6 Å². The average molecular weight is 500 g/mol. The van der Waals surface area contributed by atoms with Crippen LogP contribution >= 0.6 is 0 Å². The summed E-state index contributed by atoms with van der Waals surface area (Å²) in [5.74, 6) is -0.0146. The second-order valence-electron chi connectivity index (χ2n) is 11.6. The van der Waals surface area contributed by atoms with Gasteiger partial charge in [0.25, 0.3) is 0 Å².